The molecule has 0 aliphatic carbocycles. The number of rotatable bonds is 4. The zero-order valence-corrected chi connectivity index (χ0v) is 18.9. The van der Waals surface area contributed by atoms with Gasteiger partial charge >= 0.3 is 6.18 Å². The highest BCUT2D eigenvalue weighted by molar-refractivity contribution is 5.99. The van der Waals surface area contributed by atoms with Gasteiger partial charge in [0, 0.05) is 37.5 Å². The van der Waals surface area contributed by atoms with Gasteiger partial charge in [0.05, 0.1) is 17.6 Å². The van der Waals surface area contributed by atoms with Crippen LogP contribution < -0.4 is 0 Å². The van der Waals surface area contributed by atoms with Crippen LogP contribution in [0, 0.1) is 20.8 Å². The van der Waals surface area contributed by atoms with E-state index in [0.29, 0.717) is 10.1 Å². The van der Waals surface area contributed by atoms with E-state index in [1.165, 1.54) is 4.90 Å². The van der Waals surface area contributed by atoms with Gasteiger partial charge in [-0.3, -0.25) is 9.48 Å². The van der Waals surface area contributed by atoms with Crippen molar-refractivity contribution in [3.05, 3.63) is 70.3 Å². The Morgan fingerprint density at radius 3 is 2.36 bits per heavy atom. The van der Waals surface area contributed by atoms with Gasteiger partial charge in [-0.05, 0) is 26.8 Å². The average molecular weight is 456 g/mol. The first-order chi connectivity index (χ1) is 15.5. The van der Waals surface area contributed by atoms with Crippen LogP contribution in [0.5, 0.6) is 0 Å². The van der Waals surface area contributed by atoms with Crippen molar-refractivity contribution >= 4 is 11.6 Å². The summed E-state index contributed by atoms with van der Waals surface area (Å²) in [4.78, 5) is 19.1. The number of nitrogens with zero attached hydrogens (tertiary/aromatic N) is 6. The molecule has 0 aliphatic rings. The first-order valence-electron chi connectivity index (χ1n) is 10.2. The number of aromatic nitrogens is 5. The van der Waals surface area contributed by atoms with Crippen molar-refractivity contribution in [1.82, 2.24) is 29.3 Å². The van der Waals surface area contributed by atoms with Crippen molar-refractivity contribution in [3.8, 4) is 11.3 Å². The lowest BCUT2D eigenvalue weighted by Gasteiger charge is -2.17. The Morgan fingerprint density at radius 1 is 1.12 bits per heavy atom. The van der Waals surface area contributed by atoms with E-state index in [1.807, 2.05) is 27.8 Å². The monoisotopic (exact) mass is 456 g/mol. The molecule has 4 aromatic rings. The molecule has 1 aromatic carbocycles. The second kappa shape index (κ2) is 8.02. The smallest absolute Gasteiger partial charge is 0.337 e. The van der Waals surface area contributed by atoms with E-state index in [-0.39, 0.29) is 23.4 Å². The van der Waals surface area contributed by atoms with E-state index in [1.54, 1.807) is 36.0 Å². The lowest BCUT2D eigenvalue weighted by atomic mass is 10.1. The minimum atomic E-state index is -4.68. The Morgan fingerprint density at radius 2 is 1.79 bits per heavy atom. The largest absolute Gasteiger partial charge is 0.433 e. The maximum Gasteiger partial charge on any atom is 0.433 e. The Balaban J connectivity index is 1.80. The molecule has 33 heavy (non-hydrogen) atoms. The second-order valence-electron chi connectivity index (χ2n) is 8.12. The molecule has 3 aromatic heterocycles. The maximum absolute atomic E-state index is 13.8. The molecule has 0 saturated carbocycles. The van der Waals surface area contributed by atoms with E-state index < -0.39 is 17.8 Å². The van der Waals surface area contributed by atoms with Crippen LogP contribution in [-0.2, 0) is 19.8 Å². The van der Waals surface area contributed by atoms with Gasteiger partial charge in [-0.15, -0.1) is 0 Å². The third-order valence-electron chi connectivity index (χ3n) is 5.74. The van der Waals surface area contributed by atoms with Crippen molar-refractivity contribution < 1.29 is 18.0 Å². The summed E-state index contributed by atoms with van der Waals surface area (Å²) in [5.41, 5.74) is 3.04. The first kappa shape index (κ1) is 22.5. The Labute approximate surface area is 188 Å². The van der Waals surface area contributed by atoms with Crippen molar-refractivity contribution in [3.63, 3.8) is 0 Å². The third kappa shape index (κ3) is 4.08. The fraction of sp³-hybridized carbons (Fsp3) is 0.304. The standard InChI is InChI=1S/C23H23F3N6O/c1-13-6-8-16(9-7-13)19-10-20(23(24,25)26)32-21(28-19)17(11-27-32)22(33)30(4)12-18-14(2)29-31(5)15(18)3/h6-11H,12H2,1-5H3. The van der Waals surface area contributed by atoms with Crippen LogP contribution in [0.1, 0.15) is 38.6 Å². The quantitative estimate of drug-likeness (QED) is 0.458. The fourth-order valence-corrected chi connectivity index (χ4v) is 3.75. The van der Waals surface area contributed by atoms with Crippen molar-refractivity contribution in [2.24, 2.45) is 7.05 Å². The number of hydrogen-bond donors (Lipinski definition) is 0. The summed E-state index contributed by atoms with van der Waals surface area (Å²) in [5, 5.41) is 8.20. The molecule has 3 heterocycles. The van der Waals surface area contributed by atoms with Gasteiger partial charge < -0.3 is 4.90 Å². The SMILES string of the molecule is Cc1ccc(-c2cc(C(F)(F)F)n3ncc(C(=O)N(C)Cc4c(C)nn(C)c4C)c3n2)cc1. The van der Waals surface area contributed by atoms with Crippen LogP contribution in [0.3, 0.4) is 0 Å². The summed E-state index contributed by atoms with van der Waals surface area (Å²) in [6.45, 7) is 5.89. The number of carbonyl (C=O) groups excluding carboxylic acids is 1. The van der Waals surface area contributed by atoms with Crippen LogP contribution in [0.4, 0.5) is 13.2 Å². The van der Waals surface area contributed by atoms with E-state index in [4.69, 9.17) is 0 Å². The number of amides is 1. The molecule has 0 N–H and O–H groups in total. The molecule has 0 radical (unpaired) electrons. The van der Waals surface area contributed by atoms with Gasteiger partial charge in [0.15, 0.2) is 11.3 Å². The summed E-state index contributed by atoms with van der Waals surface area (Å²) in [6, 6.07) is 7.94. The van der Waals surface area contributed by atoms with Gasteiger partial charge in [-0.25, -0.2) is 9.50 Å². The summed E-state index contributed by atoms with van der Waals surface area (Å²) in [5.74, 6) is -0.477. The van der Waals surface area contributed by atoms with Crippen molar-refractivity contribution in [2.45, 2.75) is 33.5 Å². The number of alkyl halides is 3. The second-order valence-corrected chi connectivity index (χ2v) is 8.12. The number of hydrogen-bond acceptors (Lipinski definition) is 4. The van der Waals surface area contributed by atoms with Crippen LogP contribution >= 0.6 is 0 Å². The highest BCUT2D eigenvalue weighted by Gasteiger charge is 2.36. The third-order valence-corrected chi connectivity index (χ3v) is 5.74. The molecule has 172 valence electrons. The van der Waals surface area contributed by atoms with E-state index in [9.17, 15) is 18.0 Å². The maximum atomic E-state index is 13.8. The van der Waals surface area contributed by atoms with Gasteiger partial charge in [-0.1, -0.05) is 29.8 Å². The number of aryl methyl sites for hydroxylation is 3. The zero-order chi connectivity index (χ0) is 24.1. The number of fused-ring (bicyclic) bond motifs is 1. The van der Waals surface area contributed by atoms with Crippen LogP contribution in [0.15, 0.2) is 36.5 Å². The summed E-state index contributed by atoms with van der Waals surface area (Å²) in [6.07, 6.45) is -3.54. The first-order valence-corrected chi connectivity index (χ1v) is 10.2. The van der Waals surface area contributed by atoms with Crippen molar-refractivity contribution in [2.75, 3.05) is 7.05 Å². The van der Waals surface area contributed by atoms with Gasteiger partial charge in [-0.2, -0.15) is 23.4 Å². The van der Waals surface area contributed by atoms with Gasteiger partial charge in [0.25, 0.3) is 5.91 Å². The molecular weight excluding hydrogens is 433 g/mol. The minimum Gasteiger partial charge on any atom is -0.337 e. The number of benzene rings is 1. The molecule has 1 amide bonds. The van der Waals surface area contributed by atoms with E-state index >= 15 is 0 Å². The van der Waals surface area contributed by atoms with E-state index in [0.717, 1.165) is 34.8 Å². The zero-order valence-electron chi connectivity index (χ0n) is 18.9. The average Bonchev–Trinajstić information content (AvgIpc) is 3.28. The molecule has 0 atom stereocenters. The topological polar surface area (TPSA) is 68.3 Å². The fourth-order valence-electron chi connectivity index (χ4n) is 3.75. The van der Waals surface area contributed by atoms with Crippen LogP contribution in [0.25, 0.3) is 16.9 Å². The Bertz CT molecular complexity index is 1350. The molecule has 10 heteroatoms. The van der Waals surface area contributed by atoms with Crippen LogP contribution in [0.2, 0.25) is 0 Å². The molecule has 0 aliphatic heterocycles. The summed E-state index contributed by atoms with van der Waals surface area (Å²) in [7, 11) is 3.40. The lowest BCUT2D eigenvalue weighted by Crippen LogP contribution is -2.27. The molecule has 0 fully saturated rings. The van der Waals surface area contributed by atoms with Gasteiger partial charge in [0.2, 0.25) is 0 Å². The molecule has 4 rings (SSSR count). The number of halogens is 3. The molecule has 0 spiro atoms. The Kier molecular flexibility index (Phi) is 5.47. The van der Waals surface area contributed by atoms with Crippen molar-refractivity contribution in [1.29, 1.82) is 0 Å². The summed E-state index contributed by atoms with van der Waals surface area (Å²) >= 11 is 0. The molecule has 0 unspecified atom stereocenters. The highest BCUT2D eigenvalue weighted by atomic mass is 19.4. The van der Waals surface area contributed by atoms with Gasteiger partial charge in [0.1, 0.15) is 5.56 Å². The van der Waals surface area contributed by atoms with E-state index in [2.05, 4.69) is 15.2 Å². The molecule has 0 saturated heterocycles. The van der Waals surface area contributed by atoms with Crippen LogP contribution in [-0.4, -0.2) is 42.2 Å². The predicted octanol–water partition coefficient (Wildman–Crippen LogP) is 4.35. The minimum absolute atomic E-state index is 0.00356. The lowest BCUT2D eigenvalue weighted by molar-refractivity contribution is -0.142. The molecule has 7 nitrogen and oxygen atoms in total. The summed E-state index contributed by atoms with van der Waals surface area (Å²) < 4.78 is 43.9. The predicted molar refractivity (Wildman–Crippen MR) is 117 cm³/mol. The normalized spacial score (nSPS) is 11.9. The highest BCUT2D eigenvalue weighted by Crippen LogP contribution is 2.33. The number of carbonyl (C=O) groups is 1. The Hall–Kier alpha value is -3.69. The molecule has 0 bridgehead atoms. The molecular formula is C23H23F3N6O.